The summed E-state index contributed by atoms with van der Waals surface area (Å²) in [5.74, 6) is 0.926. The molecule has 10 heteroatoms. The Bertz CT molecular complexity index is 1540. The van der Waals surface area contributed by atoms with Crippen molar-refractivity contribution in [3.05, 3.63) is 71.2 Å². The van der Waals surface area contributed by atoms with Crippen molar-refractivity contribution in [1.29, 1.82) is 0 Å². The molecule has 0 unspecified atom stereocenters. The number of thiophene rings is 4. The minimum Gasteiger partial charge on any atom is -0.496 e. The first-order valence-corrected chi connectivity index (χ1v) is 17.3. The van der Waals surface area contributed by atoms with Crippen LogP contribution in [0.15, 0.2) is 36.4 Å². The average molecular weight is 645 g/mol. The van der Waals surface area contributed by atoms with Gasteiger partial charge in [-0.1, -0.05) is 0 Å². The lowest BCUT2D eigenvalue weighted by Crippen LogP contribution is -2.03. The van der Waals surface area contributed by atoms with Crippen molar-refractivity contribution in [3.63, 3.8) is 0 Å². The van der Waals surface area contributed by atoms with E-state index in [1.165, 1.54) is 34.8 Å². The molecule has 0 amide bonds. The highest BCUT2D eigenvalue weighted by molar-refractivity contribution is 7.21. The van der Waals surface area contributed by atoms with Crippen molar-refractivity contribution in [1.82, 2.24) is 0 Å². The molecule has 0 aliphatic rings. The van der Waals surface area contributed by atoms with Gasteiger partial charge in [-0.25, -0.2) is 0 Å². The topological polar surface area (TPSA) is 63.2 Å². The maximum absolute atomic E-state index is 11.8. The van der Waals surface area contributed by atoms with E-state index < -0.39 is 0 Å². The molecule has 1 aromatic carbocycles. The quantitative estimate of drug-likeness (QED) is 0.0706. The Labute approximate surface area is 262 Å². The van der Waals surface area contributed by atoms with Gasteiger partial charge in [-0.2, -0.15) is 0 Å². The number of carbonyl (C=O) groups is 1. The lowest BCUT2D eigenvalue weighted by atomic mass is 10.1. The molecular formula is C32H36O6S4. The Kier molecular flexibility index (Phi) is 11.6. The summed E-state index contributed by atoms with van der Waals surface area (Å²) in [7, 11) is 1.73. The smallest absolute Gasteiger partial charge is 0.151 e. The summed E-state index contributed by atoms with van der Waals surface area (Å²) >= 11 is 7.06. The van der Waals surface area contributed by atoms with E-state index in [0.29, 0.717) is 52.9 Å². The molecular weight excluding hydrogens is 609 g/mol. The number of carbonyl (C=O) groups excluding carboxylic acids is 1. The molecule has 0 saturated carbocycles. The van der Waals surface area contributed by atoms with E-state index in [1.54, 1.807) is 41.1 Å². The molecule has 0 spiro atoms. The molecule has 0 aliphatic heterocycles. The van der Waals surface area contributed by atoms with Crippen molar-refractivity contribution in [2.75, 3.05) is 46.8 Å². The molecule has 0 fully saturated rings. The number of fused-ring (bicyclic) bond motifs is 2. The molecule has 6 nitrogen and oxygen atoms in total. The summed E-state index contributed by atoms with van der Waals surface area (Å²) in [6.45, 7) is 8.78. The van der Waals surface area contributed by atoms with Crippen molar-refractivity contribution >= 4 is 71.8 Å². The fourth-order valence-corrected chi connectivity index (χ4v) is 9.27. The van der Waals surface area contributed by atoms with Gasteiger partial charge in [0, 0.05) is 65.4 Å². The molecule has 0 radical (unpaired) electrons. The van der Waals surface area contributed by atoms with Crippen LogP contribution in [-0.4, -0.2) is 53.0 Å². The van der Waals surface area contributed by atoms with Gasteiger partial charge in [0.05, 0.1) is 51.6 Å². The largest absolute Gasteiger partial charge is 0.496 e. The van der Waals surface area contributed by atoms with E-state index in [9.17, 15) is 4.79 Å². The van der Waals surface area contributed by atoms with Crippen LogP contribution in [0.4, 0.5) is 0 Å². The Balaban J connectivity index is 1.25. The predicted molar refractivity (Wildman–Crippen MR) is 176 cm³/mol. The molecule has 0 bridgehead atoms. The van der Waals surface area contributed by atoms with E-state index >= 15 is 0 Å². The van der Waals surface area contributed by atoms with Crippen LogP contribution in [-0.2, 0) is 45.0 Å². The minimum atomic E-state index is 0.504. The van der Waals surface area contributed by atoms with Crippen LogP contribution in [0.1, 0.15) is 53.5 Å². The first-order valence-electron chi connectivity index (χ1n) is 14.1. The summed E-state index contributed by atoms with van der Waals surface area (Å²) < 4.78 is 30.4. The fourth-order valence-electron chi connectivity index (χ4n) is 4.68. The molecule has 4 aromatic heterocycles. The maximum atomic E-state index is 11.8. The lowest BCUT2D eigenvalue weighted by Gasteiger charge is -2.02. The standard InChI is InChI=1S/C32H36O6S4/c1-4-35-6-8-37-19-26-12-23(18-33)31(41-26)16-24-10-21-13-30-22(14-29(21)39-24)11-25(40-30)17-32-28(34-3)15-27(42-32)20-38-9-7-36-5-2/h10-15,18H,4-9,16-17,19-20H2,1-3H3. The van der Waals surface area contributed by atoms with Crippen LogP contribution in [0.25, 0.3) is 20.2 Å². The highest BCUT2D eigenvalue weighted by Gasteiger charge is 2.15. The molecule has 5 aromatic rings. The van der Waals surface area contributed by atoms with Gasteiger partial charge >= 0.3 is 0 Å². The first-order chi connectivity index (χ1) is 20.6. The first kappa shape index (κ1) is 31.3. The van der Waals surface area contributed by atoms with Crippen molar-refractivity contribution < 1.29 is 28.5 Å². The van der Waals surface area contributed by atoms with Gasteiger partial charge in [0.2, 0.25) is 0 Å². The number of methoxy groups -OCH3 is 1. The number of hydrogen-bond acceptors (Lipinski definition) is 10. The van der Waals surface area contributed by atoms with Crippen molar-refractivity contribution in [3.8, 4) is 5.75 Å². The van der Waals surface area contributed by atoms with Gasteiger partial charge in [0.15, 0.2) is 6.29 Å². The normalized spacial score (nSPS) is 11.7. The Morgan fingerprint density at radius 2 is 1.14 bits per heavy atom. The Morgan fingerprint density at radius 3 is 1.69 bits per heavy atom. The minimum absolute atomic E-state index is 0.504. The molecule has 224 valence electrons. The molecule has 0 aliphatic carbocycles. The van der Waals surface area contributed by atoms with Gasteiger partial charge in [-0.15, -0.1) is 45.3 Å². The highest BCUT2D eigenvalue weighted by atomic mass is 32.1. The summed E-state index contributed by atoms with van der Waals surface area (Å²) in [5.41, 5.74) is 0.760. The van der Waals surface area contributed by atoms with Crippen LogP contribution in [0.5, 0.6) is 5.75 Å². The monoisotopic (exact) mass is 644 g/mol. The predicted octanol–water partition coefficient (Wildman–Crippen LogP) is 8.35. The molecule has 5 rings (SSSR count). The third kappa shape index (κ3) is 8.06. The second-order valence-electron chi connectivity index (χ2n) is 9.62. The maximum Gasteiger partial charge on any atom is 0.151 e. The molecule has 42 heavy (non-hydrogen) atoms. The number of benzene rings is 1. The van der Waals surface area contributed by atoms with E-state index in [0.717, 1.165) is 45.1 Å². The average Bonchev–Trinajstić information content (AvgIpc) is 3.76. The van der Waals surface area contributed by atoms with Gasteiger partial charge in [0.1, 0.15) is 5.75 Å². The zero-order valence-corrected chi connectivity index (χ0v) is 27.5. The zero-order valence-electron chi connectivity index (χ0n) is 24.2. The van der Waals surface area contributed by atoms with Gasteiger partial charge in [-0.3, -0.25) is 4.79 Å². The molecule has 4 heterocycles. The van der Waals surface area contributed by atoms with Gasteiger partial charge in [-0.05, 0) is 61.0 Å². The second kappa shape index (κ2) is 15.5. The highest BCUT2D eigenvalue weighted by Crippen LogP contribution is 2.38. The number of ether oxygens (including phenoxy) is 5. The lowest BCUT2D eigenvalue weighted by molar-refractivity contribution is 0.0462. The number of aldehydes is 1. The van der Waals surface area contributed by atoms with Crippen molar-refractivity contribution in [2.24, 2.45) is 0 Å². The molecule has 0 saturated heterocycles. The third-order valence-corrected chi connectivity index (χ3v) is 11.0. The summed E-state index contributed by atoms with van der Waals surface area (Å²) in [6.07, 6.45) is 2.56. The Hall–Kier alpha value is -2.15. The molecule has 0 atom stereocenters. The van der Waals surface area contributed by atoms with Gasteiger partial charge in [0.25, 0.3) is 0 Å². The zero-order chi connectivity index (χ0) is 29.3. The number of rotatable bonds is 18. The summed E-state index contributed by atoms with van der Waals surface area (Å²) in [5, 5.41) is 2.52. The second-order valence-corrected chi connectivity index (χ2v) is 14.4. The van der Waals surface area contributed by atoms with Crippen LogP contribution >= 0.6 is 45.3 Å². The van der Waals surface area contributed by atoms with Crippen LogP contribution in [0, 0.1) is 0 Å². The number of hydrogen-bond donors (Lipinski definition) is 0. The van der Waals surface area contributed by atoms with E-state index in [1.807, 2.05) is 31.3 Å². The van der Waals surface area contributed by atoms with Crippen LogP contribution in [0.2, 0.25) is 0 Å². The van der Waals surface area contributed by atoms with Crippen LogP contribution in [0.3, 0.4) is 0 Å². The van der Waals surface area contributed by atoms with E-state index in [-0.39, 0.29) is 0 Å². The third-order valence-electron chi connectivity index (χ3n) is 6.63. The van der Waals surface area contributed by atoms with Crippen molar-refractivity contribution in [2.45, 2.75) is 39.9 Å². The van der Waals surface area contributed by atoms with E-state index in [4.69, 9.17) is 23.7 Å². The summed E-state index contributed by atoms with van der Waals surface area (Å²) in [6, 6.07) is 13.2. The summed E-state index contributed by atoms with van der Waals surface area (Å²) in [4.78, 5) is 18.9. The van der Waals surface area contributed by atoms with Gasteiger partial charge < -0.3 is 23.7 Å². The SMILES string of the molecule is CCOCCOCc1cc(C=O)c(Cc2cc3cc4sc(Cc5sc(COCCOCC)cc5OC)cc4cc3s2)s1. The fraction of sp³-hybridized carbons (Fsp3) is 0.406. The van der Waals surface area contributed by atoms with Crippen LogP contribution < -0.4 is 4.74 Å². The van der Waals surface area contributed by atoms with E-state index in [2.05, 4.69) is 30.3 Å². The molecule has 0 N–H and O–H groups in total. The Morgan fingerprint density at radius 1 is 0.619 bits per heavy atom.